The van der Waals surface area contributed by atoms with Crippen molar-refractivity contribution in [2.45, 2.75) is 20.4 Å². The highest BCUT2D eigenvalue weighted by molar-refractivity contribution is 6.35. The third-order valence-electron chi connectivity index (χ3n) is 2.93. The van der Waals surface area contributed by atoms with Crippen LogP contribution < -0.4 is 10.1 Å². The Bertz CT molecular complexity index is 599. The number of hydrogen-bond acceptors (Lipinski definition) is 2. The molecule has 0 aliphatic heterocycles. The summed E-state index contributed by atoms with van der Waals surface area (Å²) in [6.45, 7) is 5.93. The van der Waals surface area contributed by atoms with Gasteiger partial charge in [-0.3, -0.25) is 0 Å². The van der Waals surface area contributed by atoms with Gasteiger partial charge in [0.2, 0.25) is 0 Å². The van der Waals surface area contributed by atoms with Gasteiger partial charge in [-0.05, 0) is 48.9 Å². The SMILES string of the molecule is CCNCc1ccc(Oc2ccc(Cl)cc2Cl)c(C)c1. The van der Waals surface area contributed by atoms with E-state index in [0.29, 0.717) is 15.8 Å². The van der Waals surface area contributed by atoms with Gasteiger partial charge in [0.15, 0.2) is 0 Å². The van der Waals surface area contributed by atoms with Gasteiger partial charge in [0, 0.05) is 11.6 Å². The van der Waals surface area contributed by atoms with Crippen LogP contribution in [0, 0.1) is 6.92 Å². The van der Waals surface area contributed by atoms with Crippen LogP contribution in [0.2, 0.25) is 10.0 Å². The Hall–Kier alpha value is -1.22. The molecule has 1 N–H and O–H groups in total. The van der Waals surface area contributed by atoms with Gasteiger partial charge < -0.3 is 10.1 Å². The standard InChI is InChI=1S/C16H17Cl2NO/c1-3-19-10-12-4-6-15(11(2)8-12)20-16-7-5-13(17)9-14(16)18/h4-9,19H,3,10H2,1-2H3. The summed E-state index contributed by atoms with van der Waals surface area (Å²) in [5.74, 6) is 1.41. The van der Waals surface area contributed by atoms with E-state index in [-0.39, 0.29) is 0 Å². The fraction of sp³-hybridized carbons (Fsp3) is 0.250. The first kappa shape index (κ1) is 15.2. The molecule has 0 aromatic heterocycles. The van der Waals surface area contributed by atoms with Gasteiger partial charge in [0.05, 0.1) is 5.02 Å². The molecule has 0 fully saturated rings. The van der Waals surface area contributed by atoms with E-state index in [1.807, 2.05) is 13.0 Å². The zero-order valence-electron chi connectivity index (χ0n) is 11.5. The average Bonchev–Trinajstić information content (AvgIpc) is 2.42. The average molecular weight is 310 g/mol. The van der Waals surface area contributed by atoms with Crippen LogP contribution in [-0.2, 0) is 6.54 Å². The van der Waals surface area contributed by atoms with Crippen LogP contribution in [0.1, 0.15) is 18.1 Å². The lowest BCUT2D eigenvalue weighted by Gasteiger charge is -2.12. The molecule has 0 aliphatic carbocycles. The second kappa shape index (κ2) is 6.98. The van der Waals surface area contributed by atoms with Crippen LogP contribution in [0.15, 0.2) is 36.4 Å². The molecule has 106 valence electrons. The lowest BCUT2D eigenvalue weighted by Crippen LogP contribution is -2.11. The van der Waals surface area contributed by atoms with Crippen molar-refractivity contribution in [2.24, 2.45) is 0 Å². The maximum Gasteiger partial charge on any atom is 0.146 e. The number of ether oxygens (including phenoxy) is 1. The highest BCUT2D eigenvalue weighted by Gasteiger charge is 2.07. The Labute approximate surface area is 129 Å². The van der Waals surface area contributed by atoms with Crippen molar-refractivity contribution < 1.29 is 4.74 Å². The third kappa shape index (κ3) is 3.89. The minimum Gasteiger partial charge on any atom is -0.456 e. The number of aryl methyl sites for hydroxylation is 1. The number of benzene rings is 2. The Morgan fingerprint density at radius 3 is 2.45 bits per heavy atom. The minimum atomic E-state index is 0.508. The second-order valence-electron chi connectivity index (χ2n) is 4.56. The maximum absolute atomic E-state index is 6.11. The van der Waals surface area contributed by atoms with E-state index in [9.17, 15) is 0 Å². The highest BCUT2D eigenvalue weighted by Crippen LogP contribution is 2.33. The molecule has 0 aliphatic rings. The topological polar surface area (TPSA) is 21.3 Å². The summed E-state index contributed by atoms with van der Waals surface area (Å²) >= 11 is 12.0. The molecule has 2 rings (SSSR count). The van der Waals surface area contributed by atoms with Crippen LogP contribution in [0.4, 0.5) is 0 Å². The molecule has 0 radical (unpaired) electrons. The van der Waals surface area contributed by atoms with Crippen LogP contribution in [0.3, 0.4) is 0 Å². The molecule has 4 heteroatoms. The van der Waals surface area contributed by atoms with E-state index >= 15 is 0 Å². The summed E-state index contributed by atoms with van der Waals surface area (Å²) in [6.07, 6.45) is 0. The molecule has 0 bridgehead atoms. The fourth-order valence-corrected chi connectivity index (χ4v) is 2.33. The first-order valence-corrected chi connectivity index (χ1v) is 7.29. The first-order chi connectivity index (χ1) is 9.60. The lowest BCUT2D eigenvalue weighted by atomic mass is 10.1. The van der Waals surface area contributed by atoms with Gasteiger partial charge in [-0.1, -0.05) is 42.3 Å². The lowest BCUT2D eigenvalue weighted by molar-refractivity contribution is 0.479. The molecule has 0 atom stereocenters. The summed E-state index contributed by atoms with van der Waals surface area (Å²) < 4.78 is 5.84. The molecule has 0 heterocycles. The fourth-order valence-electron chi connectivity index (χ4n) is 1.88. The summed E-state index contributed by atoms with van der Waals surface area (Å²) in [5, 5.41) is 4.40. The van der Waals surface area contributed by atoms with Gasteiger partial charge >= 0.3 is 0 Å². The maximum atomic E-state index is 6.11. The summed E-state index contributed by atoms with van der Waals surface area (Å²) in [4.78, 5) is 0. The van der Waals surface area contributed by atoms with E-state index < -0.39 is 0 Å². The number of halogens is 2. The molecule has 0 saturated heterocycles. The number of nitrogens with one attached hydrogen (secondary N) is 1. The molecule has 2 nitrogen and oxygen atoms in total. The van der Waals surface area contributed by atoms with Crippen LogP contribution in [0.5, 0.6) is 11.5 Å². The predicted octanol–water partition coefficient (Wildman–Crippen LogP) is 5.20. The van der Waals surface area contributed by atoms with E-state index in [0.717, 1.165) is 24.4 Å². The van der Waals surface area contributed by atoms with Gasteiger partial charge in [-0.15, -0.1) is 0 Å². The van der Waals surface area contributed by atoms with Gasteiger partial charge in [0.25, 0.3) is 0 Å². The first-order valence-electron chi connectivity index (χ1n) is 6.53. The van der Waals surface area contributed by atoms with Crippen molar-refractivity contribution in [3.05, 3.63) is 57.6 Å². The van der Waals surface area contributed by atoms with Crippen molar-refractivity contribution in [1.82, 2.24) is 5.32 Å². The highest BCUT2D eigenvalue weighted by atomic mass is 35.5. The third-order valence-corrected chi connectivity index (χ3v) is 3.46. The molecule has 20 heavy (non-hydrogen) atoms. The Morgan fingerprint density at radius 1 is 1.05 bits per heavy atom. The summed E-state index contributed by atoms with van der Waals surface area (Å²) in [6, 6.07) is 11.3. The van der Waals surface area contributed by atoms with Crippen LogP contribution >= 0.6 is 23.2 Å². The summed E-state index contributed by atoms with van der Waals surface area (Å²) in [5.41, 5.74) is 2.31. The monoisotopic (exact) mass is 309 g/mol. The Kier molecular flexibility index (Phi) is 5.30. The Morgan fingerprint density at radius 2 is 1.80 bits per heavy atom. The van der Waals surface area contributed by atoms with E-state index in [1.54, 1.807) is 18.2 Å². The normalized spacial score (nSPS) is 10.6. The van der Waals surface area contributed by atoms with Gasteiger partial charge in [-0.2, -0.15) is 0 Å². The molecule has 2 aromatic carbocycles. The molecule has 0 spiro atoms. The molecule has 0 unspecified atom stereocenters. The van der Waals surface area contributed by atoms with E-state index in [4.69, 9.17) is 27.9 Å². The smallest absolute Gasteiger partial charge is 0.146 e. The largest absolute Gasteiger partial charge is 0.456 e. The van der Waals surface area contributed by atoms with Crippen LogP contribution in [-0.4, -0.2) is 6.54 Å². The second-order valence-corrected chi connectivity index (χ2v) is 5.40. The molecular weight excluding hydrogens is 293 g/mol. The zero-order valence-corrected chi connectivity index (χ0v) is 13.1. The van der Waals surface area contributed by atoms with Gasteiger partial charge in [0.1, 0.15) is 11.5 Å². The summed E-state index contributed by atoms with van der Waals surface area (Å²) in [7, 11) is 0. The Balaban J connectivity index is 2.17. The molecule has 0 amide bonds. The predicted molar refractivity (Wildman–Crippen MR) is 85.1 cm³/mol. The van der Waals surface area contributed by atoms with Crippen molar-refractivity contribution in [3.8, 4) is 11.5 Å². The minimum absolute atomic E-state index is 0.508. The van der Waals surface area contributed by atoms with E-state index in [2.05, 4.69) is 24.4 Å². The van der Waals surface area contributed by atoms with E-state index in [1.165, 1.54) is 5.56 Å². The number of hydrogen-bond donors (Lipinski definition) is 1. The zero-order chi connectivity index (χ0) is 14.5. The molecular formula is C16H17Cl2NO. The number of rotatable bonds is 5. The van der Waals surface area contributed by atoms with Crippen molar-refractivity contribution in [1.29, 1.82) is 0 Å². The van der Waals surface area contributed by atoms with Crippen molar-refractivity contribution in [3.63, 3.8) is 0 Å². The van der Waals surface area contributed by atoms with Crippen LogP contribution in [0.25, 0.3) is 0 Å². The van der Waals surface area contributed by atoms with Crippen molar-refractivity contribution >= 4 is 23.2 Å². The molecule has 0 saturated carbocycles. The van der Waals surface area contributed by atoms with Crippen molar-refractivity contribution in [2.75, 3.05) is 6.54 Å². The molecule has 2 aromatic rings. The van der Waals surface area contributed by atoms with Gasteiger partial charge in [-0.25, -0.2) is 0 Å². The quantitative estimate of drug-likeness (QED) is 0.819.